The monoisotopic (exact) mass is 281 g/mol. The van der Waals surface area contributed by atoms with Gasteiger partial charge in [-0.2, -0.15) is 0 Å². The Hall–Kier alpha value is -2.75. The third kappa shape index (κ3) is 2.14. The first-order valence-corrected chi connectivity index (χ1v) is 6.61. The van der Waals surface area contributed by atoms with Crippen molar-refractivity contribution >= 4 is 10.9 Å². The van der Waals surface area contributed by atoms with Gasteiger partial charge in [0.2, 0.25) is 0 Å². The molecule has 0 saturated carbocycles. The molecule has 0 aliphatic carbocycles. The molecule has 4 nitrogen and oxygen atoms in total. The zero-order chi connectivity index (χ0) is 15.0. The average molecular weight is 281 g/mol. The molecule has 1 heterocycles. The number of aromatic nitrogens is 1. The van der Waals surface area contributed by atoms with E-state index in [2.05, 4.69) is 4.98 Å². The zero-order valence-electron chi connectivity index (χ0n) is 11.8. The fourth-order valence-electron chi connectivity index (χ4n) is 2.68. The summed E-state index contributed by atoms with van der Waals surface area (Å²) in [6.45, 7) is 1.89. The predicted molar refractivity (Wildman–Crippen MR) is 83.0 cm³/mol. The summed E-state index contributed by atoms with van der Waals surface area (Å²) >= 11 is 0. The molecular weight excluding hydrogens is 266 g/mol. The zero-order valence-corrected chi connectivity index (χ0v) is 11.8. The molecule has 106 valence electrons. The number of hydrogen-bond acceptors (Lipinski definition) is 3. The van der Waals surface area contributed by atoms with Gasteiger partial charge >= 0.3 is 0 Å². The van der Waals surface area contributed by atoms with Crippen molar-refractivity contribution in [2.45, 2.75) is 6.92 Å². The molecule has 0 spiro atoms. The highest BCUT2D eigenvalue weighted by atomic mass is 16.5. The molecular formula is C17H15NO3. The van der Waals surface area contributed by atoms with Gasteiger partial charge in [-0.15, -0.1) is 0 Å². The van der Waals surface area contributed by atoms with Crippen LogP contribution >= 0.6 is 0 Å². The lowest BCUT2D eigenvalue weighted by Gasteiger charge is -2.12. The molecule has 0 aliphatic heterocycles. The van der Waals surface area contributed by atoms with E-state index in [0.717, 1.165) is 16.5 Å². The summed E-state index contributed by atoms with van der Waals surface area (Å²) in [4.78, 5) is 15.2. The maximum Gasteiger partial charge on any atom is 0.256 e. The highest BCUT2D eigenvalue weighted by Crippen LogP contribution is 2.34. The number of aryl methyl sites for hydroxylation is 1. The largest absolute Gasteiger partial charge is 0.508 e. The lowest BCUT2D eigenvalue weighted by molar-refractivity contribution is 0.412. The summed E-state index contributed by atoms with van der Waals surface area (Å²) in [6, 6.07) is 12.6. The highest BCUT2D eigenvalue weighted by molar-refractivity contribution is 5.93. The Labute approximate surface area is 121 Å². The van der Waals surface area contributed by atoms with Crippen LogP contribution < -0.4 is 10.3 Å². The smallest absolute Gasteiger partial charge is 0.256 e. The first kappa shape index (κ1) is 13.2. The molecule has 21 heavy (non-hydrogen) atoms. The number of benzene rings is 2. The first-order chi connectivity index (χ1) is 10.1. The number of fused-ring (bicyclic) bond motifs is 1. The number of phenolic OH excluding ortho intramolecular Hbond substituents is 1. The van der Waals surface area contributed by atoms with Crippen molar-refractivity contribution in [1.82, 2.24) is 4.98 Å². The van der Waals surface area contributed by atoms with Gasteiger partial charge in [-0.3, -0.25) is 4.79 Å². The molecule has 0 radical (unpaired) electrons. The van der Waals surface area contributed by atoms with E-state index in [-0.39, 0.29) is 11.3 Å². The van der Waals surface area contributed by atoms with Gasteiger partial charge < -0.3 is 14.8 Å². The Morgan fingerprint density at radius 1 is 1.14 bits per heavy atom. The Bertz CT molecular complexity index is 867. The number of aromatic amines is 1. The molecule has 0 unspecified atom stereocenters. The van der Waals surface area contributed by atoms with Crippen molar-refractivity contribution in [2.24, 2.45) is 0 Å². The molecule has 0 amide bonds. The van der Waals surface area contributed by atoms with Crippen LogP contribution in [0, 0.1) is 6.92 Å². The van der Waals surface area contributed by atoms with E-state index in [9.17, 15) is 9.90 Å². The van der Waals surface area contributed by atoms with Crippen LogP contribution in [0.25, 0.3) is 22.0 Å². The summed E-state index contributed by atoms with van der Waals surface area (Å²) < 4.78 is 5.34. The SMILES string of the molecule is COc1cc(O)cc2[nH]c(=O)c(-c3ccccc3)c(C)c12. The standard InChI is InChI=1S/C17H15NO3/c1-10-15(11-6-4-3-5-7-11)17(20)18-13-8-12(19)9-14(21-2)16(10)13/h3-9,19H,1-2H3,(H,18,20). The van der Waals surface area contributed by atoms with E-state index < -0.39 is 0 Å². The van der Waals surface area contributed by atoms with Crippen LogP contribution in [0.1, 0.15) is 5.56 Å². The Morgan fingerprint density at radius 3 is 2.52 bits per heavy atom. The third-order valence-corrected chi connectivity index (χ3v) is 3.59. The molecule has 3 rings (SSSR count). The number of rotatable bonds is 2. The lowest BCUT2D eigenvalue weighted by Crippen LogP contribution is -2.11. The number of hydrogen-bond donors (Lipinski definition) is 2. The van der Waals surface area contributed by atoms with Crippen molar-refractivity contribution in [3.05, 3.63) is 58.4 Å². The molecule has 0 aliphatic rings. The number of pyridine rings is 1. The quantitative estimate of drug-likeness (QED) is 0.758. The van der Waals surface area contributed by atoms with Crippen LogP contribution in [0.4, 0.5) is 0 Å². The van der Waals surface area contributed by atoms with Crippen LogP contribution in [-0.2, 0) is 0 Å². The molecule has 0 saturated heterocycles. The average Bonchev–Trinajstić information content (AvgIpc) is 2.47. The summed E-state index contributed by atoms with van der Waals surface area (Å²) in [5.41, 5.74) is 2.69. The Balaban J connectivity index is 2.44. The van der Waals surface area contributed by atoms with E-state index in [1.54, 1.807) is 13.2 Å². The normalized spacial score (nSPS) is 10.8. The van der Waals surface area contributed by atoms with Gasteiger partial charge in [0.1, 0.15) is 11.5 Å². The minimum atomic E-state index is -0.182. The van der Waals surface area contributed by atoms with Crippen LogP contribution in [0.2, 0.25) is 0 Å². The predicted octanol–water partition coefficient (Wildman–Crippen LogP) is 3.22. The van der Waals surface area contributed by atoms with Gasteiger partial charge in [-0.25, -0.2) is 0 Å². The first-order valence-electron chi connectivity index (χ1n) is 6.61. The second-order valence-corrected chi connectivity index (χ2v) is 4.89. The number of methoxy groups -OCH3 is 1. The minimum Gasteiger partial charge on any atom is -0.508 e. The van der Waals surface area contributed by atoms with Crippen molar-refractivity contribution in [3.8, 4) is 22.6 Å². The van der Waals surface area contributed by atoms with Gasteiger partial charge in [0.15, 0.2) is 0 Å². The minimum absolute atomic E-state index is 0.0573. The molecule has 2 N–H and O–H groups in total. The van der Waals surface area contributed by atoms with Crippen LogP contribution in [0.5, 0.6) is 11.5 Å². The maximum absolute atomic E-state index is 12.4. The fourth-order valence-corrected chi connectivity index (χ4v) is 2.68. The van der Waals surface area contributed by atoms with Gasteiger partial charge in [-0.05, 0) is 18.1 Å². The van der Waals surface area contributed by atoms with E-state index >= 15 is 0 Å². The lowest BCUT2D eigenvalue weighted by atomic mass is 9.98. The number of H-pyrrole nitrogens is 1. The van der Waals surface area contributed by atoms with E-state index in [0.29, 0.717) is 16.8 Å². The third-order valence-electron chi connectivity index (χ3n) is 3.59. The second kappa shape index (κ2) is 4.98. The topological polar surface area (TPSA) is 62.3 Å². The van der Waals surface area contributed by atoms with Crippen LogP contribution in [0.3, 0.4) is 0 Å². The van der Waals surface area contributed by atoms with Gasteiger partial charge in [-0.1, -0.05) is 30.3 Å². The van der Waals surface area contributed by atoms with Gasteiger partial charge in [0.05, 0.1) is 18.2 Å². The number of aromatic hydroxyl groups is 1. The number of phenols is 1. The van der Waals surface area contributed by atoms with Crippen LogP contribution in [0.15, 0.2) is 47.3 Å². The molecule has 4 heteroatoms. The van der Waals surface area contributed by atoms with Crippen molar-refractivity contribution in [3.63, 3.8) is 0 Å². The summed E-state index contributed by atoms with van der Waals surface area (Å²) in [5, 5.41) is 10.5. The Kier molecular flexibility index (Phi) is 3.14. The second-order valence-electron chi connectivity index (χ2n) is 4.89. The highest BCUT2D eigenvalue weighted by Gasteiger charge is 2.15. The van der Waals surface area contributed by atoms with Gasteiger partial charge in [0, 0.05) is 17.5 Å². The number of ether oxygens (including phenoxy) is 1. The van der Waals surface area contributed by atoms with Crippen molar-refractivity contribution < 1.29 is 9.84 Å². The van der Waals surface area contributed by atoms with E-state index in [4.69, 9.17) is 4.74 Å². The molecule has 0 fully saturated rings. The van der Waals surface area contributed by atoms with E-state index in [1.165, 1.54) is 6.07 Å². The van der Waals surface area contributed by atoms with Crippen molar-refractivity contribution in [2.75, 3.05) is 7.11 Å². The fraction of sp³-hybridized carbons (Fsp3) is 0.118. The molecule has 0 bridgehead atoms. The van der Waals surface area contributed by atoms with Gasteiger partial charge in [0.25, 0.3) is 5.56 Å². The summed E-state index contributed by atoms with van der Waals surface area (Å²) in [5.74, 6) is 0.595. The van der Waals surface area contributed by atoms with Crippen LogP contribution in [-0.4, -0.2) is 17.2 Å². The summed E-state index contributed by atoms with van der Waals surface area (Å²) in [6.07, 6.45) is 0. The molecule has 1 aromatic heterocycles. The maximum atomic E-state index is 12.4. The molecule has 2 aromatic carbocycles. The number of nitrogens with one attached hydrogen (secondary N) is 1. The molecule has 0 atom stereocenters. The van der Waals surface area contributed by atoms with Crippen molar-refractivity contribution in [1.29, 1.82) is 0 Å². The molecule has 3 aromatic rings. The summed E-state index contributed by atoms with van der Waals surface area (Å²) in [7, 11) is 1.54. The Morgan fingerprint density at radius 2 is 1.86 bits per heavy atom. The van der Waals surface area contributed by atoms with E-state index in [1.807, 2.05) is 37.3 Å².